The fourth-order valence-electron chi connectivity index (χ4n) is 2.30. The summed E-state index contributed by atoms with van der Waals surface area (Å²) in [4.78, 5) is 12.4. The molecule has 2 aromatic carbocycles. The number of hydrogen-bond acceptors (Lipinski definition) is 3. The molecule has 0 spiro atoms. The largest absolute Gasteiger partial charge is 0.307 e. The van der Waals surface area contributed by atoms with Crippen LogP contribution in [0.15, 0.2) is 47.4 Å². The van der Waals surface area contributed by atoms with E-state index >= 15 is 0 Å². The maximum absolute atomic E-state index is 13.4. The van der Waals surface area contributed by atoms with E-state index in [4.69, 9.17) is 12.2 Å². The molecule has 0 aliphatic carbocycles. The van der Waals surface area contributed by atoms with Crippen LogP contribution in [0.1, 0.15) is 12.5 Å². The van der Waals surface area contributed by atoms with Crippen molar-refractivity contribution < 1.29 is 13.6 Å². The molecule has 1 aliphatic heterocycles. The molecule has 1 aliphatic rings. The van der Waals surface area contributed by atoms with Crippen molar-refractivity contribution in [2.75, 3.05) is 0 Å². The third kappa shape index (κ3) is 3.18. The Kier molecular flexibility index (Phi) is 4.28. The maximum atomic E-state index is 13.4. The molecule has 2 nitrogen and oxygen atoms in total. The van der Waals surface area contributed by atoms with Crippen LogP contribution >= 0.6 is 24.0 Å². The Morgan fingerprint density at radius 2 is 1.83 bits per heavy atom. The fraction of sp³-hybridized carbons (Fsp3) is 0.0588. The minimum absolute atomic E-state index is 0.212. The van der Waals surface area contributed by atoms with Crippen LogP contribution in [-0.2, 0) is 4.79 Å². The van der Waals surface area contributed by atoms with Crippen molar-refractivity contribution >= 4 is 39.8 Å². The van der Waals surface area contributed by atoms with Gasteiger partial charge < -0.3 is 5.32 Å². The molecule has 1 saturated heterocycles. The van der Waals surface area contributed by atoms with Crippen molar-refractivity contribution in [1.29, 1.82) is 0 Å². The second-order valence-corrected chi connectivity index (χ2v) is 6.69. The van der Waals surface area contributed by atoms with Crippen LogP contribution in [0.4, 0.5) is 8.78 Å². The van der Waals surface area contributed by atoms with E-state index in [0.717, 1.165) is 28.8 Å². The second-order valence-electron chi connectivity index (χ2n) is 5.01. The first-order valence-corrected chi connectivity index (χ1v) is 7.98. The molecule has 0 unspecified atom stereocenters. The average Bonchev–Trinajstić information content (AvgIpc) is 2.88. The van der Waals surface area contributed by atoms with E-state index in [-0.39, 0.29) is 5.91 Å². The third-order valence-corrected chi connectivity index (χ3v) is 4.84. The van der Waals surface area contributed by atoms with Crippen LogP contribution < -0.4 is 5.32 Å². The van der Waals surface area contributed by atoms with Gasteiger partial charge in [0, 0.05) is 0 Å². The lowest BCUT2D eigenvalue weighted by Crippen LogP contribution is -2.18. The van der Waals surface area contributed by atoms with Gasteiger partial charge in [-0.15, -0.1) is 0 Å². The number of allylic oxidation sites excluding steroid dienone is 1. The standard InChI is InChI=1S/C17H11F2NOS2/c1-9(15-16(21)20-17(22)23-15)10-3-2-4-11(7-10)12-5-6-13(18)14(19)8-12/h2-8H,1H3,(H,20,21,22)/b15-9-. The SMILES string of the molecule is C/C(=C1/SC(=S)NC1=O)c1cccc(-c2ccc(F)c(F)c2)c1. The average molecular weight is 347 g/mol. The topological polar surface area (TPSA) is 29.1 Å². The highest BCUT2D eigenvalue weighted by atomic mass is 32.2. The van der Waals surface area contributed by atoms with Crippen molar-refractivity contribution in [1.82, 2.24) is 5.32 Å². The summed E-state index contributed by atoms with van der Waals surface area (Å²) in [7, 11) is 0. The van der Waals surface area contributed by atoms with Crippen LogP contribution in [0.3, 0.4) is 0 Å². The number of carbonyl (C=O) groups excluding carboxylic acids is 1. The normalized spacial score (nSPS) is 16.5. The lowest BCUT2D eigenvalue weighted by molar-refractivity contribution is -0.115. The predicted molar refractivity (Wildman–Crippen MR) is 92.7 cm³/mol. The Balaban J connectivity index is 2.03. The van der Waals surface area contributed by atoms with Crippen LogP contribution in [0.2, 0.25) is 0 Å². The van der Waals surface area contributed by atoms with E-state index in [0.29, 0.717) is 14.8 Å². The van der Waals surface area contributed by atoms with Crippen molar-refractivity contribution in [3.8, 4) is 11.1 Å². The van der Waals surface area contributed by atoms with E-state index in [1.54, 1.807) is 6.07 Å². The summed E-state index contributed by atoms with van der Waals surface area (Å²) in [6.45, 7) is 1.83. The van der Waals surface area contributed by atoms with Gasteiger partial charge in [0.05, 0.1) is 4.91 Å². The quantitative estimate of drug-likeness (QED) is 0.640. The van der Waals surface area contributed by atoms with Gasteiger partial charge in [-0.25, -0.2) is 8.78 Å². The van der Waals surface area contributed by atoms with Gasteiger partial charge >= 0.3 is 0 Å². The number of thiocarbonyl (C=S) groups is 1. The first-order chi connectivity index (χ1) is 11.0. The van der Waals surface area contributed by atoms with Gasteiger partial charge in [-0.3, -0.25) is 4.79 Å². The Labute approximate surface area is 141 Å². The molecule has 0 aromatic heterocycles. The van der Waals surface area contributed by atoms with Gasteiger partial charge in [-0.2, -0.15) is 0 Å². The van der Waals surface area contributed by atoms with Crippen LogP contribution in [0.5, 0.6) is 0 Å². The van der Waals surface area contributed by atoms with Crippen molar-refractivity contribution in [3.05, 3.63) is 64.6 Å². The number of benzene rings is 2. The molecule has 6 heteroatoms. The van der Waals surface area contributed by atoms with Gasteiger partial charge in [0.2, 0.25) is 0 Å². The molecular weight excluding hydrogens is 336 g/mol. The number of hydrogen-bond donors (Lipinski definition) is 1. The molecule has 0 saturated carbocycles. The number of carbonyl (C=O) groups is 1. The van der Waals surface area contributed by atoms with Crippen molar-refractivity contribution in [2.45, 2.75) is 6.92 Å². The summed E-state index contributed by atoms with van der Waals surface area (Å²) in [6.07, 6.45) is 0. The Bertz CT molecular complexity index is 861. The minimum Gasteiger partial charge on any atom is -0.307 e. The Hall–Kier alpha value is -2.05. The maximum Gasteiger partial charge on any atom is 0.263 e. The van der Waals surface area contributed by atoms with E-state index in [1.807, 2.05) is 25.1 Å². The lowest BCUT2D eigenvalue weighted by atomic mass is 9.99. The number of nitrogens with one attached hydrogen (secondary N) is 1. The summed E-state index contributed by atoms with van der Waals surface area (Å²) in [5, 5.41) is 2.58. The molecule has 116 valence electrons. The van der Waals surface area contributed by atoms with Gasteiger partial charge in [-0.1, -0.05) is 48.2 Å². The molecule has 0 atom stereocenters. The van der Waals surface area contributed by atoms with Gasteiger partial charge in [0.15, 0.2) is 11.6 Å². The van der Waals surface area contributed by atoms with Gasteiger partial charge in [-0.05, 0) is 47.4 Å². The zero-order chi connectivity index (χ0) is 16.6. The summed E-state index contributed by atoms with van der Waals surface area (Å²) in [5.74, 6) is -1.98. The second kappa shape index (κ2) is 6.22. The summed E-state index contributed by atoms with van der Waals surface area (Å²) >= 11 is 6.21. The molecule has 3 rings (SSSR count). The molecule has 23 heavy (non-hydrogen) atoms. The van der Waals surface area contributed by atoms with E-state index in [1.165, 1.54) is 17.8 Å². The number of thioether (sulfide) groups is 1. The van der Waals surface area contributed by atoms with E-state index in [9.17, 15) is 13.6 Å². The molecular formula is C17H11F2NOS2. The monoisotopic (exact) mass is 347 g/mol. The summed E-state index contributed by atoms with van der Waals surface area (Å²) in [5.41, 5.74) is 2.93. The molecule has 0 radical (unpaired) electrons. The smallest absolute Gasteiger partial charge is 0.263 e. The summed E-state index contributed by atoms with van der Waals surface area (Å²) in [6, 6.07) is 11.1. The first kappa shape index (κ1) is 15.8. The number of amides is 1. The van der Waals surface area contributed by atoms with E-state index < -0.39 is 11.6 Å². The zero-order valence-electron chi connectivity index (χ0n) is 12.0. The highest BCUT2D eigenvalue weighted by molar-refractivity contribution is 8.26. The number of rotatable bonds is 2. The number of halogens is 2. The first-order valence-electron chi connectivity index (χ1n) is 6.75. The van der Waals surface area contributed by atoms with Crippen LogP contribution in [0, 0.1) is 11.6 Å². The molecule has 2 aromatic rings. The summed E-state index contributed by atoms with van der Waals surface area (Å²) < 4.78 is 26.9. The van der Waals surface area contributed by atoms with Crippen molar-refractivity contribution in [3.63, 3.8) is 0 Å². The Morgan fingerprint density at radius 1 is 1.09 bits per heavy atom. The highest BCUT2D eigenvalue weighted by Gasteiger charge is 2.24. The van der Waals surface area contributed by atoms with Crippen molar-refractivity contribution in [2.24, 2.45) is 0 Å². The molecule has 0 bridgehead atoms. The molecule has 1 N–H and O–H groups in total. The third-order valence-electron chi connectivity index (χ3n) is 3.51. The van der Waals surface area contributed by atoms with Crippen LogP contribution in [0.25, 0.3) is 16.7 Å². The van der Waals surface area contributed by atoms with Crippen LogP contribution in [-0.4, -0.2) is 10.2 Å². The molecule has 1 amide bonds. The molecule has 1 fully saturated rings. The van der Waals surface area contributed by atoms with E-state index in [2.05, 4.69) is 5.32 Å². The zero-order valence-corrected chi connectivity index (χ0v) is 13.7. The minimum atomic E-state index is -0.890. The fourth-order valence-corrected chi connectivity index (χ4v) is 3.39. The van der Waals surface area contributed by atoms with Gasteiger partial charge in [0.1, 0.15) is 4.32 Å². The predicted octanol–water partition coefficient (Wildman–Crippen LogP) is 4.51. The molecule has 1 heterocycles. The Morgan fingerprint density at radius 3 is 2.48 bits per heavy atom. The lowest BCUT2D eigenvalue weighted by Gasteiger charge is -2.08. The van der Waals surface area contributed by atoms with Gasteiger partial charge in [0.25, 0.3) is 5.91 Å². The highest BCUT2D eigenvalue weighted by Crippen LogP contribution is 2.33.